The molecule has 0 saturated carbocycles. The number of sulfonamides is 1. The van der Waals surface area contributed by atoms with Crippen LogP contribution in [0, 0.1) is 17.1 Å². The molecule has 102 valence electrons. The van der Waals surface area contributed by atoms with E-state index < -0.39 is 21.4 Å². The normalized spacial score (nSPS) is 20.4. The maximum absolute atomic E-state index is 13.5. The zero-order valence-corrected chi connectivity index (χ0v) is 11.2. The molecule has 5 nitrogen and oxygen atoms in total. The lowest BCUT2D eigenvalue weighted by Gasteiger charge is -2.17. The van der Waals surface area contributed by atoms with Crippen molar-refractivity contribution in [2.75, 3.05) is 20.2 Å². The Hall–Kier alpha value is -1.49. The standard InChI is InChI=1S/C12H13FN2O3S/c1-18-9-5-6-15(8-9)19(16,17)12-4-2-3-11(13)10(12)7-14/h2-4,9H,5-6,8H2,1H3. The second-order valence-electron chi connectivity index (χ2n) is 4.23. The minimum absolute atomic E-state index is 0.158. The third-order valence-electron chi connectivity index (χ3n) is 3.15. The number of benzene rings is 1. The van der Waals surface area contributed by atoms with E-state index in [0.29, 0.717) is 13.0 Å². The fourth-order valence-corrected chi connectivity index (χ4v) is 3.71. The van der Waals surface area contributed by atoms with E-state index in [9.17, 15) is 12.8 Å². The average molecular weight is 284 g/mol. The second-order valence-corrected chi connectivity index (χ2v) is 6.14. The van der Waals surface area contributed by atoms with Crippen molar-refractivity contribution in [3.05, 3.63) is 29.6 Å². The molecule has 1 aromatic carbocycles. The number of hydrogen-bond acceptors (Lipinski definition) is 4. The van der Waals surface area contributed by atoms with Gasteiger partial charge in [0.25, 0.3) is 0 Å². The van der Waals surface area contributed by atoms with Crippen molar-refractivity contribution in [3.63, 3.8) is 0 Å². The molecule has 0 amide bonds. The first kappa shape index (κ1) is 13.9. The zero-order chi connectivity index (χ0) is 14.0. The van der Waals surface area contributed by atoms with Gasteiger partial charge in [0.1, 0.15) is 22.3 Å². The van der Waals surface area contributed by atoms with Crippen LogP contribution in [0.15, 0.2) is 23.1 Å². The Bertz CT molecular complexity index is 624. The number of rotatable bonds is 3. The summed E-state index contributed by atoms with van der Waals surface area (Å²) >= 11 is 0. The molecule has 2 rings (SSSR count). The van der Waals surface area contributed by atoms with E-state index in [2.05, 4.69) is 0 Å². The summed E-state index contributed by atoms with van der Waals surface area (Å²) in [4.78, 5) is -0.285. The molecule has 1 fully saturated rings. The molecule has 0 spiro atoms. The van der Waals surface area contributed by atoms with Gasteiger partial charge in [-0.05, 0) is 18.6 Å². The number of ether oxygens (including phenoxy) is 1. The highest BCUT2D eigenvalue weighted by Gasteiger charge is 2.34. The van der Waals surface area contributed by atoms with Crippen molar-refractivity contribution in [2.45, 2.75) is 17.4 Å². The Balaban J connectivity index is 2.42. The summed E-state index contributed by atoms with van der Waals surface area (Å²) in [5.74, 6) is -0.828. The van der Waals surface area contributed by atoms with Crippen LogP contribution in [-0.4, -0.2) is 39.0 Å². The van der Waals surface area contributed by atoms with Crippen LogP contribution in [-0.2, 0) is 14.8 Å². The molecule has 1 saturated heterocycles. The molecule has 1 unspecified atom stereocenters. The zero-order valence-electron chi connectivity index (χ0n) is 10.3. The third-order valence-corrected chi connectivity index (χ3v) is 5.05. The van der Waals surface area contributed by atoms with Crippen molar-refractivity contribution in [3.8, 4) is 6.07 Å². The Kier molecular flexibility index (Phi) is 3.85. The van der Waals surface area contributed by atoms with Gasteiger partial charge in [0.05, 0.1) is 6.10 Å². The number of nitriles is 1. The van der Waals surface area contributed by atoms with E-state index in [-0.39, 0.29) is 17.5 Å². The highest BCUT2D eigenvalue weighted by Crippen LogP contribution is 2.25. The Morgan fingerprint density at radius 2 is 2.26 bits per heavy atom. The summed E-state index contributed by atoms with van der Waals surface area (Å²) < 4.78 is 44.6. The van der Waals surface area contributed by atoms with Crippen LogP contribution < -0.4 is 0 Å². The van der Waals surface area contributed by atoms with E-state index >= 15 is 0 Å². The summed E-state index contributed by atoms with van der Waals surface area (Å²) in [6, 6.07) is 5.21. The van der Waals surface area contributed by atoms with Gasteiger partial charge in [-0.3, -0.25) is 0 Å². The lowest BCUT2D eigenvalue weighted by atomic mass is 10.2. The lowest BCUT2D eigenvalue weighted by molar-refractivity contribution is 0.115. The van der Waals surface area contributed by atoms with Crippen LogP contribution >= 0.6 is 0 Å². The fraction of sp³-hybridized carbons (Fsp3) is 0.417. The molecule has 1 aliphatic heterocycles. The minimum atomic E-state index is -3.86. The molecule has 1 aromatic rings. The molecular weight excluding hydrogens is 271 g/mol. The van der Waals surface area contributed by atoms with E-state index in [1.165, 1.54) is 23.5 Å². The van der Waals surface area contributed by atoms with Crippen LogP contribution in [0.25, 0.3) is 0 Å². The van der Waals surface area contributed by atoms with Gasteiger partial charge in [0.2, 0.25) is 10.0 Å². The highest BCUT2D eigenvalue weighted by atomic mass is 32.2. The molecule has 0 aliphatic carbocycles. The first-order valence-electron chi connectivity index (χ1n) is 5.72. The van der Waals surface area contributed by atoms with Gasteiger partial charge >= 0.3 is 0 Å². The third kappa shape index (κ3) is 2.47. The summed E-state index contributed by atoms with van der Waals surface area (Å²) in [7, 11) is -2.34. The van der Waals surface area contributed by atoms with E-state index in [1.54, 1.807) is 6.07 Å². The van der Waals surface area contributed by atoms with Crippen LogP contribution in [0.2, 0.25) is 0 Å². The highest BCUT2D eigenvalue weighted by molar-refractivity contribution is 7.89. The smallest absolute Gasteiger partial charge is 0.244 e. The molecule has 19 heavy (non-hydrogen) atoms. The minimum Gasteiger partial charge on any atom is -0.380 e. The number of methoxy groups -OCH3 is 1. The van der Waals surface area contributed by atoms with Crippen molar-refractivity contribution < 1.29 is 17.5 Å². The van der Waals surface area contributed by atoms with Gasteiger partial charge in [0.15, 0.2) is 0 Å². The maximum atomic E-state index is 13.5. The van der Waals surface area contributed by atoms with Crippen LogP contribution in [0.1, 0.15) is 12.0 Å². The predicted octanol–water partition coefficient (Wildman–Crippen LogP) is 1.11. The van der Waals surface area contributed by atoms with Crippen molar-refractivity contribution >= 4 is 10.0 Å². The van der Waals surface area contributed by atoms with Gasteiger partial charge in [-0.2, -0.15) is 9.57 Å². The van der Waals surface area contributed by atoms with Gasteiger partial charge in [-0.1, -0.05) is 6.07 Å². The van der Waals surface area contributed by atoms with Gasteiger partial charge in [0, 0.05) is 20.2 Å². The lowest BCUT2D eigenvalue weighted by Crippen LogP contribution is -2.30. The predicted molar refractivity (Wildman–Crippen MR) is 65.3 cm³/mol. The number of hydrogen-bond donors (Lipinski definition) is 0. The molecule has 1 heterocycles. The largest absolute Gasteiger partial charge is 0.380 e. The summed E-state index contributed by atoms with van der Waals surface area (Å²) in [5.41, 5.74) is -0.441. The molecule has 0 radical (unpaired) electrons. The topological polar surface area (TPSA) is 70.4 Å². The first-order valence-corrected chi connectivity index (χ1v) is 7.16. The van der Waals surface area contributed by atoms with Gasteiger partial charge < -0.3 is 4.74 Å². The molecule has 7 heteroatoms. The molecule has 1 atom stereocenters. The molecule has 0 aromatic heterocycles. The Morgan fingerprint density at radius 3 is 2.84 bits per heavy atom. The Morgan fingerprint density at radius 1 is 1.53 bits per heavy atom. The summed E-state index contributed by atoms with van der Waals surface area (Å²) in [5, 5.41) is 8.91. The Labute approximate surface area is 111 Å². The molecule has 0 N–H and O–H groups in total. The van der Waals surface area contributed by atoms with E-state index in [4.69, 9.17) is 10.00 Å². The van der Waals surface area contributed by atoms with Gasteiger partial charge in [-0.25, -0.2) is 12.8 Å². The van der Waals surface area contributed by atoms with Crippen molar-refractivity contribution in [1.82, 2.24) is 4.31 Å². The van der Waals surface area contributed by atoms with E-state index in [0.717, 1.165) is 6.07 Å². The monoisotopic (exact) mass is 284 g/mol. The van der Waals surface area contributed by atoms with Crippen LogP contribution in [0.3, 0.4) is 0 Å². The second kappa shape index (κ2) is 5.25. The number of halogens is 1. The summed E-state index contributed by atoms with van der Waals surface area (Å²) in [6.45, 7) is 0.530. The number of nitrogens with zero attached hydrogens (tertiary/aromatic N) is 2. The van der Waals surface area contributed by atoms with Crippen molar-refractivity contribution in [2.24, 2.45) is 0 Å². The molecule has 1 aliphatic rings. The SMILES string of the molecule is COC1CCN(S(=O)(=O)c2cccc(F)c2C#N)C1. The molecular formula is C12H13FN2O3S. The van der Waals surface area contributed by atoms with E-state index in [1.807, 2.05) is 0 Å². The molecule has 0 bridgehead atoms. The van der Waals surface area contributed by atoms with Crippen LogP contribution in [0.4, 0.5) is 4.39 Å². The fourth-order valence-electron chi connectivity index (χ4n) is 2.08. The van der Waals surface area contributed by atoms with Gasteiger partial charge in [-0.15, -0.1) is 0 Å². The maximum Gasteiger partial charge on any atom is 0.244 e. The average Bonchev–Trinajstić information content (AvgIpc) is 2.87. The summed E-state index contributed by atoms with van der Waals surface area (Å²) in [6.07, 6.45) is 0.432. The van der Waals surface area contributed by atoms with Crippen LogP contribution in [0.5, 0.6) is 0 Å². The van der Waals surface area contributed by atoms with Crippen molar-refractivity contribution in [1.29, 1.82) is 5.26 Å². The first-order chi connectivity index (χ1) is 9.00. The quantitative estimate of drug-likeness (QED) is 0.833.